The van der Waals surface area contributed by atoms with Crippen molar-refractivity contribution >= 4 is 5.91 Å². The number of hydrogen-bond acceptors (Lipinski definition) is 2. The second-order valence-electron chi connectivity index (χ2n) is 3.35. The molecule has 3 nitrogen and oxygen atoms in total. The van der Waals surface area contributed by atoms with Crippen LogP contribution in [0.25, 0.3) is 0 Å². The van der Waals surface area contributed by atoms with Crippen molar-refractivity contribution in [2.24, 2.45) is 11.7 Å². The first-order valence-electron chi connectivity index (χ1n) is 3.95. The largest absolute Gasteiger partial charge is 0.344 e. The first-order valence-corrected chi connectivity index (χ1v) is 3.95. The van der Waals surface area contributed by atoms with Crippen LogP contribution >= 0.6 is 0 Å². The molecular weight excluding hydrogens is 140 g/mol. The van der Waals surface area contributed by atoms with Crippen molar-refractivity contribution in [3.63, 3.8) is 0 Å². The van der Waals surface area contributed by atoms with Crippen LogP contribution in [0.5, 0.6) is 0 Å². The number of nitrogens with two attached hydrogens (primary N) is 1. The highest BCUT2D eigenvalue weighted by Gasteiger charge is 2.13. The normalized spacial score (nSPS) is 13.3. The van der Waals surface area contributed by atoms with Gasteiger partial charge in [0.2, 0.25) is 5.91 Å². The minimum atomic E-state index is 0.0581. The van der Waals surface area contributed by atoms with E-state index in [0.717, 1.165) is 0 Å². The van der Waals surface area contributed by atoms with Gasteiger partial charge in [0, 0.05) is 25.6 Å². The van der Waals surface area contributed by atoms with Crippen LogP contribution in [0.4, 0.5) is 0 Å². The van der Waals surface area contributed by atoms with E-state index >= 15 is 0 Å². The third kappa shape index (κ3) is 3.98. The molecule has 0 aliphatic heterocycles. The van der Waals surface area contributed by atoms with Crippen molar-refractivity contribution in [3.05, 3.63) is 0 Å². The lowest BCUT2D eigenvalue weighted by Gasteiger charge is -2.20. The zero-order valence-electron chi connectivity index (χ0n) is 7.79. The summed E-state index contributed by atoms with van der Waals surface area (Å²) in [5, 5.41) is 0. The Balaban J connectivity index is 3.83. The number of rotatable bonds is 3. The second-order valence-corrected chi connectivity index (χ2v) is 3.35. The van der Waals surface area contributed by atoms with Crippen LogP contribution in [0.2, 0.25) is 0 Å². The molecule has 2 N–H and O–H groups in total. The van der Waals surface area contributed by atoms with E-state index in [0.29, 0.717) is 6.54 Å². The Kier molecular flexibility index (Phi) is 4.11. The third-order valence-electron chi connectivity index (χ3n) is 1.43. The summed E-state index contributed by atoms with van der Waals surface area (Å²) in [6.45, 7) is 6.31. The third-order valence-corrected chi connectivity index (χ3v) is 1.43. The van der Waals surface area contributed by atoms with Crippen molar-refractivity contribution < 1.29 is 4.79 Å². The van der Waals surface area contributed by atoms with Gasteiger partial charge in [-0.1, -0.05) is 13.8 Å². The summed E-state index contributed by atoms with van der Waals surface area (Å²) in [6.07, 6.45) is 0. The molecule has 0 spiro atoms. The molecule has 0 radical (unpaired) electrons. The highest BCUT2D eigenvalue weighted by Crippen LogP contribution is 1.98. The fraction of sp³-hybridized carbons (Fsp3) is 0.875. The molecule has 0 saturated heterocycles. The quantitative estimate of drug-likeness (QED) is 0.648. The molecule has 1 amide bonds. The van der Waals surface area contributed by atoms with E-state index in [2.05, 4.69) is 0 Å². The Morgan fingerprint density at radius 2 is 1.91 bits per heavy atom. The monoisotopic (exact) mass is 158 g/mol. The van der Waals surface area contributed by atoms with Crippen molar-refractivity contribution in [1.82, 2.24) is 4.90 Å². The number of carbonyl (C=O) groups excluding carboxylic acids is 1. The number of nitrogens with zero attached hydrogens (tertiary/aromatic N) is 1. The Hall–Kier alpha value is -0.570. The molecule has 11 heavy (non-hydrogen) atoms. The Labute approximate surface area is 68.6 Å². The zero-order valence-corrected chi connectivity index (χ0v) is 7.79. The highest BCUT2D eigenvalue weighted by atomic mass is 16.2. The summed E-state index contributed by atoms with van der Waals surface area (Å²) >= 11 is 0. The molecule has 0 fully saturated rings. The maximum absolute atomic E-state index is 11.2. The highest BCUT2D eigenvalue weighted by molar-refractivity contribution is 5.77. The van der Waals surface area contributed by atoms with E-state index in [9.17, 15) is 4.79 Å². The van der Waals surface area contributed by atoms with Crippen LogP contribution < -0.4 is 5.73 Å². The maximum Gasteiger partial charge on any atom is 0.224 e. The molecule has 0 aromatic rings. The van der Waals surface area contributed by atoms with Gasteiger partial charge in [-0.2, -0.15) is 0 Å². The van der Waals surface area contributed by atoms with Gasteiger partial charge in [-0.25, -0.2) is 0 Å². The van der Waals surface area contributed by atoms with E-state index in [1.54, 1.807) is 11.9 Å². The smallest absolute Gasteiger partial charge is 0.224 e. The van der Waals surface area contributed by atoms with Gasteiger partial charge >= 0.3 is 0 Å². The molecule has 0 aromatic heterocycles. The summed E-state index contributed by atoms with van der Waals surface area (Å²) in [5.74, 6) is 0.223. The predicted octanol–water partition coefficient (Wildman–Crippen LogP) is 0.448. The standard InChI is InChI=1S/C8H18N2O/c1-6(2)8(11)10(4)5-7(3)9/h6-7H,5,9H2,1-4H3. The number of carbonyl (C=O) groups is 1. The van der Waals surface area contributed by atoms with E-state index < -0.39 is 0 Å². The van der Waals surface area contributed by atoms with Gasteiger partial charge in [0.1, 0.15) is 0 Å². The van der Waals surface area contributed by atoms with Gasteiger partial charge in [0.05, 0.1) is 0 Å². The van der Waals surface area contributed by atoms with E-state index in [1.807, 2.05) is 20.8 Å². The fourth-order valence-corrected chi connectivity index (χ4v) is 0.963. The molecule has 66 valence electrons. The van der Waals surface area contributed by atoms with Crippen LogP contribution in [-0.4, -0.2) is 30.4 Å². The zero-order chi connectivity index (χ0) is 9.02. The molecular formula is C8H18N2O. The molecule has 3 heteroatoms. The lowest BCUT2D eigenvalue weighted by molar-refractivity contribution is -0.133. The SMILES string of the molecule is CC(N)CN(C)C(=O)C(C)C. The van der Waals surface area contributed by atoms with Gasteiger partial charge < -0.3 is 10.6 Å². The molecule has 0 heterocycles. The van der Waals surface area contributed by atoms with Gasteiger partial charge in [-0.05, 0) is 6.92 Å². The van der Waals surface area contributed by atoms with E-state index in [-0.39, 0.29) is 17.9 Å². The van der Waals surface area contributed by atoms with Gasteiger partial charge in [-0.3, -0.25) is 4.79 Å². The number of likely N-dealkylation sites (N-methyl/N-ethyl adjacent to an activating group) is 1. The first kappa shape index (κ1) is 10.4. The Bertz CT molecular complexity index is 132. The average molecular weight is 158 g/mol. The van der Waals surface area contributed by atoms with Crippen LogP contribution in [0.1, 0.15) is 20.8 Å². The maximum atomic E-state index is 11.2. The minimum absolute atomic E-state index is 0.0581. The van der Waals surface area contributed by atoms with Crippen LogP contribution in [-0.2, 0) is 4.79 Å². The molecule has 1 atom stereocenters. The van der Waals surface area contributed by atoms with Crippen molar-refractivity contribution in [2.45, 2.75) is 26.8 Å². The van der Waals surface area contributed by atoms with Crippen molar-refractivity contribution in [1.29, 1.82) is 0 Å². The summed E-state index contributed by atoms with van der Waals surface area (Å²) < 4.78 is 0. The van der Waals surface area contributed by atoms with Gasteiger partial charge in [0.15, 0.2) is 0 Å². The molecule has 0 aliphatic carbocycles. The van der Waals surface area contributed by atoms with Crippen LogP contribution in [0.15, 0.2) is 0 Å². The lowest BCUT2D eigenvalue weighted by Crippen LogP contribution is -2.38. The molecule has 0 rings (SSSR count). The number of hydrogen-bond donors (Lipinski definition) is 1. The summed E-state index contributed by atoms with van der Waals surface area (Å²) in [7, 11) is 1.78. The van der Waals surface area contributed by atoms with Crippen molar-refractivity contribution in [3.8, 4) is 0 Å². The molecule has 0 aliphatic rings. The molecule has 0 bridgehead atoms. The Morgan fingerprint density at radius 1 is 1.45 bits per heavy atom. The van der Waals surface area contributed by atoms with Crippen molar-refractivity contribution in [2.75, 3.05) is 13.6 Å². The summed E-state index contributed by atoms with van der Waals surface area (Å²) in [6, 6.07) is 0.0581. The predicted molar refractivity (Wildman–Crippen MR) is 46.1 cm³/mol. The summed E-state index contributed by atoms with van der Waals surface area (Å²) in [4.78, 5) is 12.9. The van der Waals surface area contributed by atoms with Gasteiger partial charge in [-0.15, -0.1) is 0 Å². The van der Waals surface area contributed by atoms with Crippen LogP contribution in [0, 0.1) is 5.92 Å². The van der Waals surface area contributed by atoms with Crippen LogP contribution in [0.3, 0.4) is 0 Å². The second kappa shape index (κ2) is 4.34. The lowest BCUT2D eigenvalue weighted by atomic mass is 10.2. The molecule has 1 unspecified atom stereocenters. The summed E-state index contributed by atoms with van der Waals surface area (Å²) in [5.41, 5.74) is 5.54. The molecule has 0 saturated carbocycles. The topological polar surface area (TPSA) is 46.3 Å². The van der Waals surface area contributed by atoms with E-state index in [1.165, 1.54) is 0 Å². The molecule has 0 aromatic carbocycles. The minimum Gasteiger partial charge on any atom is -0.344 e. The van der Waals surface area contributed by atoms with E-state index in [4.69, 9.17) is 5.73 Å². The van der Waals surface area contributed by atoms with Gasteiger partial charge in [0.25, 0.3) is 0 Å². The average Bonchev–Trinajstić information content (AvgIpc) is 1.84. The first-order chi connectivity index (χ1) is 4.95. The number of amides is 1. The Morgan fingerprint density at radius 3 is 2.18 bits per heavy atom. The fourth-order valence-electron chi connectivity index (χ4n) is 0.963.